The van der Waals surface area contributed by atoms with Crippen molar-refractivity contribution < 1.29 is 0 Å². The second-order valence-corrected chi connectivity index (χ2v) is 13.0. The van der Waals surface area contributed by atoms with E-state index in [1.807, 2.05) is 20.8 Å². The van der Waals surface area contributed by atoms with E-state index in [1.54, 1.807) is 17.2 Å². The smallest absolute Gasteiger partial charge is 0.0209 e. The van der Waals surface area contributed by atoms with Gasteiger partial charge in [0.2, 0.25) is 0 Å². The molecule has 0 aromatic heterocycles. The van der Waals surface area contributed by atoms with Crippen LogP contribution in [-0.4, -0.2) is 0 Å². The van der Waals surface area contributed by atoms with Gasteiger partial charge in [0, 0.05) is 0 Å². The van der Waals surface area contributed by atoms with Gasteiger partial charge in [0.05, 0.1) is 0 Å². The van der Waals surface area contributed by atoms with Crippen molar-refractivity contribution in [3.8, 4) is 0 Å². The number of rotatable bonds is 13. The molecule has 0 aliphatic heterocycles. The Hall–Kier alpha value is -2.34. The molecule has 0 saturated heterocycles. The number of benzene rings is 2. The second kappa shape index (κ2) is 37.1. The lowest BCUT2D eigenvalue weighted by Crippen LogP contribution is -1.99. The summed E-state index contributed by atoms with van der Waals surface area (Å²) in [6.07, 6.45) is 17.1. The molecule has 1 unspecified atom stereocenters. The average molecular weight is 635 g/mol. The highest BCUT2D eigenvalue weighted by atomic mass is 14.1. The molecule has 0 N–H and O–H groups in total. The third-order valence-corrected chi connectivity index (χ3v) is 7.67. The van der Waals surface area contributed by atoms with Crippen LogP contribution < -0.4 is 0 Å². The zero-order valence-electron chi connectivity index (χ0n) is 33.9. The quantitative estimate of drug-likeness (QED) is 0.192. The van der Waals surface area contributed by atoms with E-state index in [-0.39, 0.29) is 0 Å². The molecule has 46 heavy (non-hydrogen) atoms. The Kier molecular flexibility index (Phi) is 40.8. The van der Waals surface area contributed by atoms with Crippen LogP contribution in [-0.2, 0) is 19.3 Å². The highest BCUT2D eigenvalue weighted by Crippen LogP contribution is 2.21. The van der Waals surface area contributed by atoms with Crippen molar-refractivity contribution in [3.63, 3.8) is 0 Å². The van der Waals surface area contributed by atoms with Gasteiger partial charge in [0.1, 0.15) is 0 Å². The maximum atomic E-state index is 3.99. The molecular formula is C46H82. The largest absolute Gasteiger partial charge is 0.103 e. The highest BCUT2D eigenvalue weighted by Gasteiger charge is 2.06. The molecule has 266 valence electrons. The van der Waals surface area contributed by atoms with Gasteiger partial charge in [-0.05, 0) is 113 Å². The van der Waals surface area contributed by atoms with Crippen molar-refractivity contribution in [1.29, 1.82) is 0 Å². The summed E-state index contributed by atoms with van der Waals surface area (Å²) in [5.74, 6) is 1.74. The van der Waals surface area contributed by atoms with Gasteiger partial charge in [-0.1, -0.05) is 167 Å². The molecular weight excluding hydrogens is 553 g/mol. The predicted octanol–water partition coefficient (Wildman–Crippen LogP) is 15.8. The summed E-state index contributed by atoms with van der Waals surface area (Å²) in [6.45, 7) is 41.3. The molecule has 0 aliphatic rings. The van der Waals surface area contributed by atoms with Crippen LogP contribution in [0.1, 0.15) is 169 Å². The molecule has 0 spiro atoms. The van der Waals surface area contributed by atoms with Crippen LogP contribution in [0.15, 0.2) is 79.4 Å². The van der Waals surface area contributed by atoms with Crippen LogP contribution in [0, 0.1) is 25.7 Å². The van der Waals surface area contributed by atoms with Crippen molar-refractivity contribution in [2.75, 3.05) is 0 Å². The number of hydrogen-bond donors (Lipinski definition) is 0. The monoisotopic (exact) mass is 635 g/mol. The molecule has 0 saturated carbocycles. The van der Waals surface area contributed by atoms with E-state index in [9.17, 15) is 0 Å². The van der Waals surface area contributed by atoms with Crippen molar-refractivity contribution in [1.82, 2.24) is 0 Å². The minimum Gasteiger partial charge on any atom is -0.103 e. The normalized spacial score (nSPS) is 10.1. The number of aryl methyl sites for hydroxylation is 3. The fraction of sp³-hybridized carbons (Fsp3) is 0.609. The zero-order valence-corrected chi connectivity index (χ0v) is 33.9. The van der Waals surface area contributed by atoms with Gasteiger partial charge in [-0.25, -0.2) is 0 Å². The summed E-state index contributed by atoms with van der Waals surface area (Å²) in [4.78, 5) is 0. The molecule has 0 radical (unpaired) electrons. The lowest BCUT2D eigenvalue weighted by molar-refractivity contribution is 0.505. The topological polar surface area (TPSA) is 0 Å². The van der Waals surface area contributed by atoms with E-state index in [2.05, 4.69) is 138 Å². The van der Waals surface area contributed by atoms with Crippen molar-refractivity contribution in [3.05, 3.63) is 107 Å². The summed E-state index contributed by atoms with van der Waals surface area (Å²) in [5, 5.41) is 0. The molecule has 0 bridgehead atoms. The van der Waals surface area contributed by atoms with E-state index >= 15 is 0 Å². The first-order valence-corrected chi connectivity index (χ1v) is 18.8. The van der Waals surface area contributed by atoms with Crippen LogP contribution in [0.25, 0.3) is 0 Å². The van der Waals surface area contributed by atoms with Gasteiger partial charge >= 0.3 is 0 Å². The average Bonchev–Trinajstić information content (AvgIpc) is 3.01. The summed E-state index contributed by atoms with van der Waals surface area (Å²) >= 11 is 0. The molecule has 0 aliphatic carbocycles. The van der Waals surface area contributed by atoms with Crippen LogP contribution in [0.3, 0.4) is 0 Å². The lowest BCUT2D eigenvalue weighted by atomic mass is 9.92. The first kappa shape index (κ1) is 50.5. The lowest BCUT2D eigenvalue weighted by Gasteiger charge is -2.14. The van der Waals surface area contributed by atoms with Gasteiger partial charge in [-0.2, -0.15) is 0 Å². The second-order valence-electron chi connectivity index (χ2n) is 13.0. The van der Waals surface area contributed by atoms with E-state index in [0.29, 0.717) is 0 Å². The fourth-order valence-electron chi connectivity index (χ4n) is 4.89. The summed E-state index contributed by atoms with van der Waals surface area (Å²) in [7, 11) is 0. The Morgan fingerprint density at radius 2 is 1.15 bits per heavy atom. The maximum Gasteiger partial charge on any atom is -0.0209 e. The zero-order chi connectivity index (χ0) is 36.3. The summed E-state index contributed by atoms with van der Waals surface area (Å²) in [5.41, 5.74) is 10.0. The fourth-order valence-corrected chi connectivity index (χ4v) is 4.89. The third-order valence-electron chi connectivity index (χ3n) is 7.67. The summed E-state index contributed by atoms with van der Waals surface area (Å²) in [6, 6.07) is 15.1. The molecule has 2 aromatic rings. The number of hydrogen-bond acceptors (Lipinski definition) is 0. The van der Waals surface area contributed by atoms with Crippen molar-refractivity contribution in [2.45, 2.75) is 174 Å². The Labute approximate surface area is 292 Å². The van der Waals surface area contributed by atoms with Crippen LogP contribution in [0.5, 0.6) is 0 Å². The third kappa shape index (κ3) is 33.0. The van der Waals surface area contributed by atoms with Crippen molar-refractivity contribution >= 4 is 0 Å². The predicted molar refractivity (Wildman–Crippen MR) is 219 cm³/mol. The molecule has 2 aromatic carbocycles. The molecule has 0 heterocycles. The van der Waals surface area contributed by atoms with Gasteiger partial charge in [-0.3, -0.25) is 0 Å². The highest BCUT2D eigenvalue weighted by molar-refractivity contribution is 5.39. The Morgan fingerprint density at radius 1 is 0.696 bits per heavy atom. The van der Waals surface area contributed by atoms with E-state index in [1.165, 1.54) is 105 Å². The molecule has 0 amide bonds. The van der Waals surface area contributed by atoms with Crippen LogP contribution in [0.4, 0.5) is 0 Å². The molecule has 0 heteroatoms. The SMILES string of the molecule is C=C(C)C.C=C(C)C(CCC)CCC.C=CC.CCCC(C)CC.CCCc1ccc(C)c(C)c1CC.CCCc1ccccc1. The Bertz CT molecular complexity index is 936. The van der Waals surface area contributed by atoms with E-state index in [0.717, 1.165) is 11.8 Å². The van der Waals surface area contributed by atoms with Gasteiger partial charge in [0.25, 0.3) is 0 Å². The van der Waals surface area contributed by atoms with E-state index in [4.69, 9.17) is 0 Å². The van der Waals surface area contributed by atoms with Gasteiger partial charge < -0.3 is 0 Å². The molecule has 2 rings (SSSR count). The minimum absolute atomic E-state index is 0.787. The van der Waals surface area contributed by atoms with Crippen LogP contribution in [0.2, 0.25) is 0 Å². The minimum atomic E-state index is 0.787. The standard InChI is InChI=1S/C13H20.C10H20.C9H12.C7H16.C4H8.C3H6/c1-5-7-12-9-8-10(3)11(4)13(12)6-2;1-5-7-10(8-6-2)9(3)4;1-2-6-9-7-4-3-5-8-9;1-4-6-7(3)5-2;1-4(2)3;1-3-2/h8-9H,5-7H2,1-4H3;10H,3,5-8H2,1-2,4H3;3-5,7-8H,2,6H2,1H3;7H,4-6H2,1-3H3;1H2,2-3H3;3H,1H2,2H3. The maximum absolute atomic E-state index is 3.99. The van der Waals surface area contributed by atoms with Crippen molar-refractivity contribution in [2.24, 2.45) is 11.8 Å². The molecule has 0 fully saturated rings. The first-order valence-electron chi connectivity index (χ1n) is 18.8. The Morgan fingerprint density at radius 3 is 1.48 bits per heavy atom. The number of allylic oxidation sites excluding steroid dienone is 3. The van der Waals surface area contributed by atoms with Gasteiger partial charge in [-0.15, -0.1) is 13.2 Å². The molecule has 0 nitrogen and oxygen atoms in total. The van der Waals surface area contributed by atoms with E-state index < -0.39 is 0 Å². The van der Waals surface area contributed by atoms with Crippen LogP contribution >= 0.6 is 0 Å². The molecule has 1 atom stereocenters. The summed E-state index contributed by atoms with van der Waals surface area (Å²) < 4.78 is 0. The Balaban J connectivity index is -0.000000243. The van der Waals surface area contributed by atoms with Gasteiger partial charge in [0.15, 0.2) is 0 Å². The first-order chi connectivity index (χ1) is 21.8.